The monoisotopic (exact) mass is 695 g/mol. The van der Waals surface area contributed by atoms with Crippen molar-refractivity contribution >= 4 is 35.1 Å². The number of carbonyl (C=O) groups excluding carboxylic acids is 1. The number of hydrogen-bond donors (Lipinski definition) is 1. The molecule has 3 aromatic rings. The molecule has 0 bridgehead atoms. The van der Waals surface area contributed by atoms with Gasteiger partial charge in [0.25, 0.3) is 0 Å². The van der Waals surface area contributed by atoms with Gasteiger partial charge in [0, 0.05) is 57.3 Å². The van der Waals surface area contributed by atoms with Crippen molar-refractivity contribution in [3.8, 4) is 6.07 Å². The Morgan fingerprint density at radius 2 is 1.55 bits per heavy atom. The van der Waals surface area contributed by atoms with Gasteiger partial charge < -0.3 is 30.2 Å². The molecule has 2 aliphatic rings. The number of nitrogens with zero attached hydrogens (tertiary/aromatic N) is 6. The molecule has 0 saturated carbocycles. The van der Waals surface area contributed by atoms with Gasteiger partial charge in [-0.15, -0.1) is 0 Å². The van der Waals surface area contributed by atoms with Crippen molar-refractivity contribution in [1.82, 2.24) is 9.80 Å². The fourth-order valence-electron chi connectivity index (χ4n) is 6.98. The maximum Gasteiger partial charge on any atom is 0.148 e. The average molecular weight is 696 g/mol. The number of piperidine rings is 2. The highest BCUT2D eigenvalue weighted by Crippen LogP contribution is 2.34. The van der Waals surface area contributed by atoms with Crippen LogP contribution in [-0.2, 0) is 4.79 Å². The minimum atomic E-state index is -0.223. The van der Waals surface area contributed by atoms with Crippen LogP contribution < -0.4 is 20.4 Å². The van der Waals surface area contributed by atoms with E-state index in [1.54, 1.807) is 6.07 Å². The molecule has 2 heterocycles. The molecular formula is C42H58FN7O. The summed E-state index contributed by atoms with van der Waals surface area (Å²) in [6.45, 7) is 8.61. The zero-order chi connectivity index (χ0) is 36.9. The van der Waals surface area contributed by atoms with Gasteiger partial charge in [-0.1, -0.05) is 12.1 Å². The molecule has 0 atom stereocenters. The number of allylic oxidation sites excluding steroid dienone is 1. The lowest BCUT2D eigenvalue weighted by atomic mass is 9.87. The number of anilines is 4. The number of nitriles is 1. The maximum absolute atomic E-state index is 14.4. The number of benzene rings is 3. The summed E-state index contributed by atoms with van der Waals surface area (Å²) in [5, 5.41) is 9.12. The number of aldehydes is 1. The third-order valence-corrected chi connectivity index (χ3v) is 10.1. The highest BCUT2D eigenvalue weighted by atomic mass is 19.1. The Labute approximate surface area is 305 Å². The van der Waals surface area contributed by atoms with Crippen LogP contribution in [0, 0.1) is 23.1 Å². The zero-order valence-electron chi connectivity index (χ0n) is 31.6. The van der Waals surface area contributed by atoms with E-state index in [1.807, 2.05) is 69.4 Å². The molecule has 5 rings (SSSR count). The van der Waals surface area contributed by atoms with E-state index in [0.717, 1.165) is 94.7 Å². The summed E-state index contributed by atoms with van der Waals surface area (Å²) in [4.78, 5) is 22.7. The topological polar surface area (TPSA) is 83.1 Å². The van der Waals surface area contributed by atoms with Crippen LogP contribution in [0.5, 0.6) is 0 Å². The molecule has 2 fully saturated rings. The number of nitrogens with two attached hydrogens (primary N) is 1. The number of rotatable bonds is 12. The van der Waals surface area contributed by atoms with Crippen molar-refractivity contribution in [1.29, 1.82) is 5.26 Å². The van der Waals surface area contributed by atoms with Crippen LogP contribution in [0.3, 0.4) is 0 Å². The molecule has 2 saturated heterocycles. The number of nitrogen functional groups attached to an aromatic ring is 1. The summed E-state index contributed by atoms with van der Waals surface area (Å²) < 4.78 is 14.4. The van der Waals surface area contributed by atoms with Crippen LogP contribution in [0.4, 0.5) is 27.1 Å². The van der Waals surface area contributed by atoms with Gasteiger partial charge in [0.15, 0.2) is 0 Å². The molecule has 2 N–H and O–H groups in total. The maximum atomic E-state index is 14.4. The second-order valence-corrected chi connectivity index (χ2v) is 14.7. The smallest absolute Gasteiger partial charge is 0.148 e. The molecule has 0 aromatic heterocycles. The summed E-state index contributed by atoms with van der Waals surface area (Å²) >= 11 is 0. The minimum Gasteiger partial charge on any atom is -0.399 e. The molecule has 0 unspecified atom stereocenters. The Morgan fingerprint density at radius 1 is 0.902 bits per heavy atom. The summed E-state index contributed by atoms with van der Waals surface area (Å²) in [6, 6.07) is 21.6. The fourth-order valence-corrected chi connectivity index (χ4v) is 6.98. The average Bonchev–Trinajstić information content (AvgIpc) is 3.13. The number of hydrogen-bond acceptors (Lipinski definition) is 8. The number of likely N-dealkylation sites (tertiary alicyclic amines) is 1. The number of halogens is 1. The standard InChI is InChI=1S/C39H49FN6O.C3H9N/c1-29(28-47)24-34-7-6-33(25-39(34)44(3)23-22-43(2)36-9-4-31(27-41)5-10-36)32-15-18-45(19-16-32)17-12-30-13-20-46(21-14-30)38-11-8-35(42)26-37(38)40;1-4(2)3/h4-11,24-26,28,30,32H,12-23,42H2,1-3H3;1-3H3/b29-24-;. The van der Waals surface area contributed by atoms with E-state index in [4.69, 9.17) is 11.0 Å². The first-order valence-corrected chi connectivity index (χ1v) is 18.3. The van der Waals surface area contributed by atoms with Crippen molar-refractivity contribution in [2.45, 2.75) is 44.9 Å². The molecule has 3 aromatic carbocycles. The van der Waals surface area contributed by atoms with Gasteiger partial charge in [0.05, 0.1) is 17.3 Å². The zero-order valence-corrected chi connectivity index (χ0v) is 31.6. The first-order chi connectivity index (χ1) is 24.5. The van der Waals surface area contributed by atoms with Gasteiger partial charge in [-0.25, -0.2) is 4.39 Å². The molecule has 0 spiro atoms. The molecule has 0 amide bonds. The SMILES string of the molecule is C/C(C=O)=C/c1ccc(C2CCN(CCC3CCN(c4ccc(N)cc4F)CC3)CC2)cc1N(C)CCN(C)c1ccc(C#N)cc1.CN(C)C. The Hall–Kier alpha value is -4.39. The van der Waals surface area contributed by atoms with E-state index >= 15 is 0 Å². The van der Waals surface area contributed by atoms with Crippen molar-refractivity contribution in [3.05, 3.63) is 88.7 Å². The lowest BCUT2D eigenvalue weighted by Crippen LogP contribution is -2.37. The number of carbonyl (C=O) groups is 1. The number of likely N-dealkylation sites (N-methyl/N-ethyl adjacent to an activating group) is 2. The first kappa shape index (κ1) is 39.4. The normalized spacial score (nSPS) is 16.0. The Morgan fingerprint density at radius 3 is 2.16 bits per heavy atom. The van der Waals surface area contributed by atoms with E-state index in [2.05, 4.69) is 58.0 Å². The predicted octanol–water partition coefficient (Wildman–Crippen LogP) is 7.12. The molecule has 9 heteroatoms. The third kappa shape index (κ3) is 11.8. The molecule has 0 radical (unpaired) electrons. The Kier molecular flexibility index (Phi) is 14.9. The van der Waals surface area contributed by atoms with Gasteiger partial charge >= 0.3 is 0 Å². The van der Waals surface area contributed by atoms with Gasteiger partial charge in [0.2, 0.25) is 0 Å². The van der Waals surface area contributed by atoms with E-state index in [-0.39, 0.29) is 5.82 Å². The van der Waals surface area contributed by atoms with Gasteiger partial charge in [-0.2, -0.15) is 5.26 Å². The molecule has 2 aliphatic heterocycles. The van der Waals surface area contributed by atoms with Crippen molar-refractivity contribution in [2.75, 3.05) is 101 Å². The lowest BCUT2D eigenvalue weighted by Gasteiger charge is -2.36. The summed E-state index contributed by atoms with van der Waals surface area (Å²) in [5.41, 5.74) is 12.9. The predicted molar refractivity (Wildman–Crippen MR) is 212 cm³/mol. The van der Waals surface area contributed by atoms with E-state index in [0.29, 0.717) is 34.3 Å². The third-order valence-electron chi connectivity index (χ3n) is 10.1. The van der Waals surface area contributed by atoms with Crippen LogP contribution >= 0.6 is 0 Å². The lowest BCUT2D eigenvalue weighted by molar-refractivity contribution is -0.104. The Balaban J connectivity index is 0.00000138. The summed E-state index contributed by atoms with van der Waals surface area (Å²) in [7, 11) is 10.2. The van der Waals surface area contributed by atoms with Crippen molar-refractivity contribution in [3.63, 3.8) is 0 Å². The highest BCUT2D eigenvalue weighted by molar-refractivity contribution is 5.83. The molecule has 8 nitrogen and oxygen atoms in total. The molecule has 274 valence electrons. The van der Waals surface area contributed by atoms with Gasteiger partial charge in [-0.3, -0.25) is 4.79 Å². The quantitative estimate of drug-likeness (QED) is 0.122. The van der Waals surface area contributed by atoms with E-state index in [1.165, 1.54) is 18.1 Å². The molecule has 0 aliphatic carbocycles. The van der Waals surface area contributed by atoms with Crippen LogP contribution in [-0.4, -0.2) is 97.1 Å². The second kappa shape index (κ2) is 19.3. The molecule has 51 heavy (non-hydrogen) atoms. The first-order valence-electron chi connectivity index (χ1n) is 18.3. The fraction of sp³-hybridized carbons (Fsp3) is 0.476. The summed E-state index contributed by atoms with van der Waals surface area (Å²) in [5.74, 6) is 0.979. The summed E-state index contributed by atoms with van der Waals surface area (Å²) in [6.07, 6.45) is 8.57. The van der Waals surface area contributed by atoms with Gasteiger partial charge in [0.1, 0.15) is 12.1 Å². The van der Waals surface area contributed by atoms with Crippen LogP contribution in [0.15, 0.2) is 66.2 Å². The molecular weight excluding hydrogens is 638 g/mol. The van der Waals surface area contributed by atoms with Crippen LogP contribution in [0.25, 0.3) is 6.08 Å². The highest BCUT2D eigenvalue weighted by Gasteiger charge is 2.25. The van der Waals surface area contributed by atoms with Crippen LogP contribution in [0.1, 0.15) is 61.6 Å². The van der Waals surface area contributed by atoms with Gasteiger partial charge in [-0.05, 0) is 163 Å². The Bertz CT molecular complexity index is 1610. The van der Waals surface area contributed by atoms with Crippen LogP contribution in [0.2, 0.25) is 0 Å². The van der Waals surface area contributed by atoms with E-state index < -0.39 is 0 Å². The van der Waals surface area contributed by atoms with Crippen molar-refractivity contribution < 1.29 is 9.18 Å². The largest absolute Gasteiger partial charge is 0.399 e. The second-order valence-electron chi connectivity index (χ2n) is 14.7. The van der Waals surface area contributed by atoms with E-state index in [9.17, 15) is 9.18 Å². The van der Waals surface area contributed by atoms with Crippen molar-refractivity contribution in [2.24, 2.45) is 5.92 Å². The minimum absolute atomic E-state index is 0.223.